The van der Waals surface area contributed by atoms with Crippen LogP contribution in [-0.2, 0) is 38.1 Å². The lowest BCUT2D eigenvalue weighted by Crippen LogP contribution is -2.67. The molecule has 1 saturated heterocycles. The van der Waals surface area contributed by atoms with Crippen molar-refractivity contribution in [2.24, 2.45) is 0 Å². The van der Waals surface area contributed by atoms with E-state index in [1.807, 2.05) is 0 Å². The lowest BCUT2D eigenvalue weighted by Gasteiger charge is -2.47. The molecule has 0 saturated carbocycles. The topological polar surface area (TPSA) is 135 Å². The number of carbonyl (C=O) groups is 5. The van der Waals surface area contributed by atoms with Gasteiger partial charge in [0.1, 0.15) is 18.8 Å². The van der Waals surface area contributed by atoms with Crippen LogP contribution in [0.3, 0.4) is 0 Å². The molecule has 0 N–H and O–H groups in total. The molecule has 0 aromatic heterocycles. The summed E-state index contributed by atoms with van der Waals surface area (Å²) in [5.41, 5.74) is 0.334. The Morgan fingerprint density at radius 1 is 0.972 bits per heavy atom. The van der Waals surface area contributed by atoms with Crippen molar-refractivity contribution in [2.75, 3.05) is 13.2 Å². The average molecular weight is 504 g/mol. The normalized spacial score (nSPS) is 25.2. The molecule has 11 nitrogen and oxygen atoms in total. The van der Waals surface area contributed by atoms with Crippen LogP contribution in [0, 0.1) is 0 Å². The molecule has 194 valence electrons. The number of allylic oxidation sites excluding steroid dienone is 1. The summed E-state index contributed by atoms with van der Waals surface area (Å²) in [7, 11) is 0. The van der Waals surface area contributed by atoms with E-state index >= 15 is 0 Å². The maximum atomic E-state index is 13.3. The molecule has 36 heavy (non-hydrogen) atoms. The number of esters is 3. The molecule has 3 rings (SSSR count). The molecule has 0 unspecified atom stereocenters. The van der Waals surface area contributed by atoms with Gasteiger partial charge < -0.3 is 23.7 Å². The van der Waals surface area contributed by atoms with Gasteiger partial charge in [0.15, 0.2) is 18.5 Å². The smallest absolute Gasteiger partial charge is 0.303 e. The average Bonchev–Trinajstić information content (AvgIpc) is 3.06. The van der Waals surface area contributed by atoms with E-state index in [-0.39, 0.29) is 24.3 Å². The fourth-order valence-electron chi connectivity index (χ4n) is 4.20. The highest BCUT2D eigenvalue weighted by Gasteiger charge is 2.57. The lowest BCUT2D eigenvalue weighted by atomic mass is 9.94. The zero-order valence-corrected chi connectivity index (χ0v) is 20.3. The number of unbranched alkanes of at least 4 members (excludes halogenated alkanes) is 1. The van der Waals surface area contributed by atoms with Gasteiger partial charge in [0, 0.05) is 20.8 Å². The first-order chi connectivity index (χ1) is 17.1. The SMILES string of the molecule is C=CCCCO[C@@H]1O[C@H](COC(C)=O)[C@@H](OC(C)=O)[C@H](OC(C)=O)[C@H]1N1C(=O)c2ccccc2C1=O. The molecule has 2 amide bonds. The molecule has 2 aliphatic rings. The van der Waals surface area contributed by atoms with E-state index in [9.17, 15) is 24.0 Å². The second-order valence-corrected chi connectivity index (χ2v) is 8.31. The first kappa shape index (κ1) is 27.0. The van der Waals surface area contributed by atoms with E-state index in [4.69, 9.17) is 23.7 Å². The van der Waals surface area contributed by atoms with Gasteiger partial charge in [-0.25, -0.2) is 0 Å². The molecule has 1 aromatic carbocycles. The van der Waals surface area contributed by atoms with Gasteiger partial charge in [0.2, 0.25) is 0 Å². The van der Waals surface area contributed by atoms with Crippen molar-refractivity contribution in [2.45, 2.75) is 64.3 Å². The van der Waals surface area contributed by atoms with Gasteiger partial charge in [-0.05, 0) is 25.0 Å². The summed E-state index contributed by atoms with van der Waals surface area (Å²) in [5.74, 6) is -3.38. The van der Waals surface area contributed by atoms with Crippen LogP contribution in [0.4, 0.5) is 0 Å². The molecular weight excluding hydrogens is 474 g/mol. The van der Waals surface area contributed by atoms with Gasteiger partial charge in [-0.3, -0.25) is 28.9 Å². The number of hydrogen-bond donors (Lipinski definition) is 0. The standard InChI is InChI=1S/C25H29NO10/c1-5-6-9-12-32-25-20(26-23(30)17-10-7-8-11-18(17)24(26)31)22(35-16(4)29)21(34-15(3)28)19(36-25)13-33-14(2)27/h5,7-8,10-11,19-22,25H,1,6,9,12-13H2,2-4H3/t19-,20-,21-,22-,25-/m1/s1. The molecule has 0 spiro atoms. The summed E-state index contributed by atoms with van der Waals surface area (Å²) in [6, 6.07) is 4.95. The van der Waals surface area contributed by atoms with Crippen LogP contribution in [0.15, 0.2) is 36.9 Å². The third kappa shape index (κ3) is 5.97. The zero-order valence-electron chi connectivity index (χ0n) is 20.3. The van der Waals surface area contributed by atoms with Crippen molar-refractivity contribution in [3.8, 4) is 0 Å². The summed E-state index contributed by atoms with van der Waals surface area (Å²) in [5, 5.41) is 0. The summed E-state index contributed by atoms with van der Waals surface area (Å²) in [6.45, 7) is 6.94. The Bertz CT molecular complexity index is 1000. The second kappa shape index (κ2) is 11.9. The van der Waals surface area contributed by atoms with Crippen molar-refractivity contribution in [3.05, 3.63) is 48.0 Å². The molecule has 0 aliphatic carbocycles. The fraction of sp³-hybridized carbons (Fsp3) is 0.480. The number of amides is 2. The zero-order chi connectivity index (χ0) is 26.4. The largest absolute Gasteiger partial charge is 0.463 e. The Hall–Kier alpha value is -3.57. The Morgan fingerprint density at radius 3 is 2.08 bits per heavy atom. The van der Waals surface area contributed by atoms with E-state index in [1.165, 1.54) is 19.1 Å². The summed E-state index contributed by atoms with van der Waals surface area (Å²) in [6.07, 6.45) is -2.19. The fourth-order valence-corrected chi connectivity index (χ4v) is 4.20. The van der Waals surface area contributed by atoms with Crippen LogP contribution >= 0.6 is 0 Å². The summed E-state index contributed by atoms with van der Waals surface area (Å²) in [4.78, 5) is 63.2. The van der Waals surface area contributed by atoms with Gasteiger partial charge >= 0.3 is 17.9 Å². The number of imide groups is 1. The highest BCUT2D eigenvalue weighted by Crippen LogP contribution is 2.35. The summed E-state index contributed by atoms with van der Waals surface area (Å²) >= 11 is 0. The first-order valence-corrected chi connectivity index (χ1v) is 11.5. The molecule has 5 atom stereocenters. The Kier molecular flexibility index (Phi) is 8.94. The molecule has 0 bridgehead atoms. The van der Waals surface area contributed by atoms with Crippen molar-refractivity contribution >= 4 is 29.7 Å². The third-order valence-electron chi connectivity index (χ3n) is 5.63. The molecule has 0 radical (unpaired) electrons. The number of carbonyl (C=O) groups excluding carboxylic acids is 5. The van der Waals surface area contributed by atoms with E-state index in [1.54, 1.807) is 18.2 Å². The molecule has 2 heterocycles. The van der Waals surface area contributed by atoms with Crippen molar-refractivity contribution in [1.29, 1.82) is 0 Å². The maximum Gasteiger partial charge on any atom is 0.303 e. The molecular formula is C25H29NO10. The Labute approximate surface area is 208 Å². The Balaban J connectivity index is 2.06. The minimum atomic E-state index is -1.37. The Morgan fingerprint density at radius 2 is 1.56 bits per heavy atom. The number of benzene rings is 1. The lowest BCUT2D eigenvalue weighted by molar-refractivity contribution is -0.286. The van der Waals surface area contributed by atoms with Crippen molar-refractivity contribution < 1.29 is 47.7 Å². The van der Waals surface area contributed by atoms with Crippen LogP contribution < -0.4 is 0 Å². The van der Waals surface area contributed by atoms with Crippen LogP contribution in [-0.4, -0.2) is 78.5 Å². The minimum Gasteiger partial charge on any atom is -0.463 e. The number of rotatable bonds is 10. The molecule has 2 aliphatic heterocycles. The number of fused-ring (bicyclic) bond motifs is 1. The maximum absolute atomic E-state index is 13.3. The highest BCUT2D eigenvalue weighted by molar-refractivity contribution is 6.21. The quantitative estimate of drug-likeness (QED) is 0.153. The van der Waals surface area contributed by atoms with Gasteiger partial charge in [-0.15, -0.1) is 6.58 Å². The van der Waals surface area contributed by atoms with Crippen LogP contribution in [0.25, 0.3) is 0 Å². The second-order valence-electron chi connectivity index (χ2n) is 8.31. The first-order valence-electron chi connectivity index (χ1n) is 11.5. The van der Waals surface area contributed by atoms with Crippen LogP contribution in [0.1, 0.15) is 54.3 Å². The molecule has 1 fully saturated rings. The third-order valence-corrected chi connectivity index (χ3v) is 5.63. The van der Waals surface area contributed by atoms with Crippen molar-refractivity contribution in [3.63, 3.8) is 0 Å². The monoisotopic (exact) mass is 503 g/mol. The molecule has 1 aromatic rings. The molecule has 11 heteroatoms. The number of nitrogens with zero attached hydrogens (tertiary/aromatic N) is 1. The predicted molar refractivity (Wildman–Crippen MR) is 123 cm³/mol. The van der Waals surface area contributed by atoms with Gasteiger partial charge in [-0.1, -0.05) is 18.2 Å². The van der Waals surface area contributed by atoms with E-state index in [0.717, 1.165) is 18.7 Å². The minimum absolute atomic E-state index is 0.154. The van der Waals surface area contributed by atoms with E-state index in [0.29, 0.717) is 12.8 Å². The van der Waals surface area contributed by atoms with Gasteiger partial charge in [0.05, 0.1) is 17.7 Å². The van der Waals surface area contributed by atoms with Gasteiger partial charge in [0.25, 0.3) is 11.8 Å². The number of ether oxygens (including phenoxy) is 5. The van der Waals surface area contributed by atoms with Crippen LogP contribution in [0.2, 0.25) is 0 Å². The highest BCUT2D eigenvalue weighted by atomic mass is 16.7. The van der Waals surface area contributed by atoms with E-state index < -0.39 is 60.4 Å². The van der Waals surface area contributed by atoms with Crippen molar-refractivity contribution in [1.82, 2.24) is 4.90 Å². The number of hydrogen-bond acceptors (Lipinski definition) is 10. The summed E-state index contributed by atoms with van der Waals surface area (Å²) < 4.78 is 28.0. The van der Waals surface area contributed by atoms with Gasteiger partial charge in [-0.2, -0.15) is 0 Å². The predicted octanol–water partition coefficient (Wildman–Crippen LogP) is 1.79. The van der Waals surface area contributed by atoms with Crippen LogP contribution in [0.5, 0.6) is 0 Å². The van der Waals surface area contributed by atoms with E-state index in [2.05, 4.69) is 6.58 Å².